The summed E-state index contributed by atoms with van der Waals surface area (Å²) in [5.41, 5.74) is 2.45. The van der Waals surface area contributed by atoms with Crippen molar-refractivity contribution in [3.05, 3.63) is 35.4 Å². The van der Waals surface area contributed by atoms with Gasteiger partial charge < -0.3 is 10.4 Å². The largest absolute Gasteiger partial charge is 0.395 e. The van der Waals surface area contributed by atoms with Crippen LogP contribution in [0.2, 0.25) is 0 Å². The quantitative estimate of drug-likeness (QED) is 0.775. The summed E-state index contributed by atoms with van der Waals surface area (Å²) in [7, 11) is 0. The molecule has 1 amide bonds. The van der Waals surface area contributed by atoms with Crippen LogP contribution in [-0.2, 0) is 11.2 Å². The van der Waals surface area contributed by atoms with Gasteiger partial charge in [-0.15, -0.1) is 0 Å². The van der Waals surface area contributed by atoms with E-state index in [1.165, 1.54) is 11.1 Å². The van der Waals surface area contributed by atoms with Crippen molar-refractivity contribution in [2.45, 2.75) is 19.8 Å². The number of rotatable bonds is 7. The number of piperazine rings is 1. The summed E-state index contributed by atoms with van der Waals surface area (Å²) in [6.45, 7) is 7.46. The van der Waals surface area contributed by atoms with Crippen LogP contribution in [0.5, 0.6) is 0 Å². The minimum Gasteiger partial charge on any atom is -0.395 e. The topological polar surface area (TPSA) is 55.8 Å². The number of nitrogens with one attached hydrogen (secondary N) is 1. The number of aryl methyl sites for hydroxylation is 2. The third-order valence-corrected chi connectivity index (χ3v) is 4.14. The van der Waals surface area contributed by atoms with Crippen LogP contribution in [0.4, 0.5) is 0 Å². The number of β-amino-alcohol motifs (C(OH)–C–C–N with tert-alkyl or cyclic N) is 1. The summed E-state index contributed by atoms with van der Waals surface area (Å²) in [5.74, 6) is 0.110. The number of amides is 1. The normalized spacial score (nSPS) is 16.6. The Morgan fingerprint density at radius 3 is 2.41 bits per heavy atom. The number of aliphatic hydroxyl groups excluding tert-OH is 1. The van der Waals surface area contributed by atoms with E-state index in [1.54, 1.807) is 0 Å². The summed E-state index contributed by atoms with van der Waals surface area (Å²) in [6, 6.07) is 8.34. The fourth-order valence-corrected chi connectivity index (χ4v) is 2.61. The Morgan fingerprint density at radius 2 is 1.77 bits per heavy atom. The van der Waals surface area contributed by atoms with Crippen LogP contribution >= 0.6 is 0 Å². The van der Waals surface area contributed by atoms with Crippen molar-refractivity contribution in [2.75, 3.05) is 46.0 Å². The molecular formula is C17H27N3O2. The molecule has 0 aliphatic carbocycles. The van der Waals surface area contributed by atoms with Gasteiger partial charge in [-0.25, -0.2) is 0 Å². The Bertz CT molecular complexity index is 453. The maximum absolute atomic E-state index is 11.9. The molecule has 1 aromatic carbocycles. The molecule has 0 spiro atoms. The van der Waals surface area contributed by atoms with Crippen LogP contribution in [-0.4, -0.2) is 66.8 Å². The highest BCUT2D eigenvalue weighted by atomic mass is 16.3. The van der Waals surface area contributed by atoms with Gasteiger partial charge in [0, 0.05) is 39.1 Å². The fourth-order valence-electron chi connectivity index (χ4n) is 2.61. The summed E-state index contributed by atoms with van der Waals surface area (Å²) in [4.78, 5) is 16.4. The molecule has 2 N–H and O–H groups in total. The van der Waals surface area contributed by atoms with Gasteiger partial charge in [0.05, 0.1) is 13.3 Å². The molecule has 0 bridgehead atoms. The minimum atomic E-state index is 0.110. The van der Waals surface area contributed by atoms with Crippen molar-refractivity contribution in [1.29, 1.82) is 0 Å². The smallest absolute Gasteiger partial charge is 0.221 e. The van der Waals surface area contributed by atoms with E-state index in [0.717, 1.165) is 39.1 Å². The summed E-state index contributed by atoms with van der Waals surface area (Å²) in [6.07, 6.45) is 1.32. The Balaban J connectivity index is 1.61. The number of hydrogen-bond acceptors (Lipinski definition) is 4. The van der Waals surface area contributed by atoms with Gasteiger partial charge in [0.15, 0.2) is 0 Å². The Kier molecular flexibility index (Phi) is 6.83. The first-order valence-electron chi connectivity index (χ1n) is 8.05. The molecule has 0 unspecified atom stereocenters. The zero-order chi connectivity index (χ0) is 15.8. The van der Waals surface area contributed by atoms with E-state index in [-0.39, 0.29) is 12.5 Å². The van der Waals surface area contributed by atoms with Crippen molar-refractivity contribution < 1.29 is 9.90 Å². The maximum atomic E-state index is 11.9. The van der Waals surface area contributed by atoms with E-state index >= 15 is 0 Å². The molecule has 22 heavy (non-hydrogen) atoms. The van der Waals surface area contributed by atoms with Gasteiger partial charge in [0.2, 0.25) is 5.91 Å². The second-order valence-electron chi connectivity index (χ2n) is 5.93. The number of hydrogen-bond donors (Lipinski definition) is 2. The molecule has 0 aromatic heterocycles. The van der Waals surface area contributed by atoms with Crippen molar-refractivity contribution in [3.8, 4) is 0 Å². The van der Waals surface area contributed by atoms with Crippen LogP contribution < -0.4 is 5.32 Å². The predicted octanol–water partition coefficient (Wildman–Crippen LogP) is 0.611. The molecule has 122 valence electrons. The van der Waals surface area contributed by atoms with Gasteiger partial charge in [-0.3, -0.25) is 14.6 Å². The van der Waals surface area contributed by atoms with Gasteiger partial charge in [0.25, 0.3) is 0 Å². The Morgan fingerprint density at radius 1 is 1.14 bits per heavy atom. The predicted molar refractivity (Wildman–Crippen MR) is 87.6 cm³/mol. The molecule has 1 aromatic rings. The van der Waals surface area contributed by atoms with Gasteiger partial charge in [-0.05, 0) is 18.9 Å². The lowest BCUT2D eigenvalue weighted by atomic mass is 10.1. The van der Waals surface area contributed by atoms with E-state index in [4.69, 9.17) is 5.11 Å². The monoisotopic (exact) mass is 305 g/mol. The second-order valence-corrected chi connectivity index (χ2v) is 5.93. The lowest BCUT2D eigenvalue weighted by Gasteiger charge is -2.34. The number of carbonyl (C=O) groups is 1. The zero-order valence-corrected chi connectivity index (χ0v) is 13.4. The van der Waals surface area contributed by atoms with Gasteiger partial charge >= 0.3 is 0 Å². The van der Waals surface area contributed by atoms with Crippen LogP contribution in [0.15, 0.2) is 24.3 Å². The number of benzene rings is 1. The third kappa shape index (κ3) is 5.75. The highest BCUT2D eigenvalue weighted by Gasteiger charge is 2.16. The first kappa shape index (κ1) is 16.9. The summed E-state index contributed by atoms with van der Waals surface area (Å²) >= 11 is 0. The van der Waals surface area contributed by atoms with Crippen molar-refractivity contribution in [2.24, 2.45) is 0 Å². The molecule has 5 heteroatoms. The van der Waals surface area contributed by atoms with Crippen molar-refractivity contribution >= 4 is 5.91 Å². The van der Waals surface area contributed by atoms with E-state index in [0.29, 0.717) is 13.1 Å². The van der Waals surface area contributed by atoms with E-state index < -0.39 is 0 Å². The Labute approximate surface area is 132 Å². The highest BCUT2D eigenvalue weighted by molar-refractivity contribution is 5.76. The third-order valence-electron chi connectivity index (χ3n) is 4.14. The minimum absolute atomic E-state index is 0.110. The first-order chi connectivity index (χ1) is 10.7. The molecule has 1 aliphatic rings. The van der Waals surface area contributed by atoms with Crippen LogP contribution in [0.25, 0.3) is 0 Å². The lowest BCUT2D eigenvalue weighted by Crippen LogP contribution is -2.50. The molecule has 0 atom stereocenters. The summed E-state index contributed by atoms with van der Waals surface area (Å²) < 4.78 is 0. The van der Waals surface area contributed by atoms with E-state index in [1.807, 2.05) is 0 Å². The van der Waals surface area contributed by atoms with Gasteiger partial charge in [0.1, 0.15) is 0 Å². The highest BCUT2D eigenvalue weighted by Crippen LogP contribution is 2.06. The van der Waals surface area contributed by atoms with Crippen molar-refractivity contribution in [1.82, 2.24) is 15.1 Å². The molecule has 1 saturated heterocycles. The molecule has 1 aliphatic heterocycles. The average molecular weight is 305 g/mol. The molecule has 0 radical (unpaired) electrons. The Hall–Kier alpha value is -1.43. The molecular weight excluding hydrogens is 278 g/mol. The molecule has 2 rings (SSSR count). The van der Waals surface area contributed by atoms with Crippen LogP contribution in [0, 0.1) is 6.92 Å². The van der Waals surface area contributed by atoms with Gasteiger partial charge in [-0.1, -0.05) is 29.8 Å². The fraction of sp³-hybridized carbons (Fsp3) is 0.588. The van der Waals surface area contributed by atoms with Crippen molar-refractivity contribution in [3.63, 3.8) is 0 Å². The van der Waals surface area contributed by atoms with E-state index in [9.17, 15) is 4.79 Å². The molecule has 1 fully saturated rings. The van der Waals surface area contributed by atoms with Crippen LogP contribution in [0.1, 0.15) is 17.5 Å². The average Bonchev–Trinajstić information content (AvgIpc) is 2.54. The first-order valence-corrected chi connectivity index (χ1v) is 8.05. The summed E-state index contributed by atoms with van der Waals surface area (Å²) in [5, 5.41) is 11.9. The number of aliphatic hydroxyl groups is 1. The van der Waals surface area contributed by atoms with E-state index in [2.05, 4.69) is 46.3 Å². The van der Waals surface area contributed by atoms with Gasteiger partial charge in [-0.2, -0.15) is 0 Å². The number of carbonyl (C=O) groups excluding carboxylic acids is 1. The number of nitrogens with zero attached hydrogens (tertiary/aromatic N) is 2. The van der Waals surface area contributed by atoms with Crippen LogP contribution in [0.3, 0.4) is 0 Å². The maximum Gasteiger partial charge on any atom is 0.221 e. The zero-order valence-electron chi connectivity index (χ0n) is 13.4. The second kappa shape index (κ2) is 8.88. The SMILES string of the molecule is Cc1ccc(CCC(=O)NCN2CCN(CCO)CC2)cc1. The lowest BCUT2D eigenvalue weighted by molar-refractivity contribution is -0.121. The molecule has 5 nitrogen and oxygen atoms in total. The standard InChI is InChI=1S/C17H27N3O2/c1-15-2-4-16(5-3-15)6-7-17(22)18-14-20-10-8-19(9-11-20)12-13-21/h2-5,21H,6-14H2,1H3,(H,18,22). The molecule has 0 saturated carbocycles. The molecule has 1 heterocycles.